The van der Waals surface area contributed by atoms with Crippen LogP contribution in [-0.4, -0.2) is 72.0 Å². The molecule has 9 heteroatoms. The lowest BCUT2D eigenvalue weighted by atomic mass is 9.86. The zero-order valence-electron chi connectivity index (χ0n) is 15.6. The van der Waals surface area contributed by atoms with Crippen molar-refractivity contribution in [3.8, 4) is 0 Å². The van der Waals surface area contributed by atoms with Gasteiger partial charge in [0.1, 0.15) is 0 Å². The number of halogens is 2. The van der Waals surface area contributed by atoms with Gasteiger partial charge in [0.15, 0.2) is 5.13 Å². The van der Waals surface area contributed by atoms with Crippen LogP contribution >= 0.6 is 36.2 Å². The van der Waals surface area contributed by atoms with E-state index in [9.17, 15) is 4.79 Å². The van der Waals surface area contributed by atoms with Gasteiger partial charge in [0, 0.05) is 30.2 Å². The molecule has 3 heterocycles. The van der Waals surface area contributed by atoms with E-state index >= 15 is 0 Å². The van der Waals surface area contributed by atoms with Crippen molar-refractivity contribution in [1.82, 2.24) is 20.1 Å². The van der Waals surface area contributed by atoms with E-state index in [4.69, 9.17) is 0 Å². The third kappa shape index (κ3) is 5.30. The molecular formula is C17H31Cl2N5OS. The highest BCUT2D eigenvalue weighted by molar-refractivity contribution is 7.13. The maximum absolute atomic E-state index is 12.8. The van der Waals surface area contributed by atoms with Gasteiger partial charge in [-0.05, 0) is 52.4 Å². The highest BCUT2D eigenvalue weighted by Gasteiger charge is 2.41. The van der Waals surface area contributed by atoms with E-state index in [1.54, 1.807) is 6.20 Å². The van der Waals surface area contributed by atoms with E-state index in [1.165, 1.54) is 11.3 Å². The van der Waals surface area contributed by atoms with Crippen molar-refractivity contribution < 1.29 is 4.79 Å². The number of nitrogens with one attached hydrogen (secondary N) is 2. The Morgan fingerprint density at radius 2 is 2.12 bits per heavy atom. The van der Waals surface area contributed by atoms with Crippen LogP contribution in [0.1, 0.15) is 32.6 Å². The number of carbonyl (C=O) groups excluding carboxylic acids is 1. The number of hydrogen-bond donors (Lipinski definition) is 2. The molecule has 2 fully saturated rings. The van der Waals surface area contributed by atoms with Crippen molar-refractivity contribution in [1.29, 1.82) is 0 Å². The van der Waals surface area contributed by atoms with Crippen LogP contribution in [0.25, 0.3) is 0 Å². The van der Waals surface area contributed by atoms with Crippen molar-refractivity contribution in [2.24, 2.45) is 0 Å². The number of aromatic nitrogens is 1. The first kappa shape index (κ1) is 23.6. The molecule has 2 saturated heterocycles. The first-order chi connectivity index (χ1) is 11.6. The Balaban J connectivity index is 0.00000169. The van der Waals surface area contributed by atoms with Crippen molar-refractivity contribution in [3.63, 3.8) is 0 Å². The van der Waals surface area contributed by atoms with Crippen molar-refractivity contribution in [2.75, 3.05) is 45.1 Å². The fraction of sp³-hybridized carbons (Fsp3) is 0.765. The first-order valence-electron chi connectivity index (χ1n) is 9.01. The van der Waals surface area contributed by atoms with Gasteiger partial charge in [0.25, 0.3) is 0 Å². The number of likely N-dealkylation sites (N-methyl/N-ethyl adjacent to an activating group) is 1. The van der Waals surface area contributed by atoms with Crippen LogP contribution in [0.3, 0.4) is 0 Å². The number of carbonyl (C=O) groups is 1. The maximum atomic E-state index is 12.8. The fourth-order valence-electron chi connectivity index (χ4n) is 4.11. The zero-order chi connectivity index (χ0) is 17.0. The number of thiazole rings is 1. The summed E-state index contributed by atoms with van der Waals surface area (Å²) >= 11 is 1.47. The number of rotatable bonds is 4. The second-order valence-electron chi connectivity index (χ2n) is 6.97. The Morgan fingerprint density at radius 1 is 1.38 bits per heavy atom. The molecule has 26 heavy (non-hydrogen) atoms. The Labute approximate surface area is 172 Å². The van der Waals surface area contributed by atoms with E-state index in [0.29, 0.717) is 5.13 Å². The normalized spacial score (nSPS) is 21.9. The topological polar surface area (TPSA) is 60.5 Å². The van der Waals surface area contributed by atoms with Crippen molar-refractivity contribution in [3.05, 3.63) is 11.6 Å². The fourth-order valence-corrected chi connectivity index (χ4v) is 4.64. The maximum Gasteiger partial charge on any atom is 0.243 e. The summed E-state index contributed by atoms with van der Waals surface area (Å²) < 4.78 is 0. The van der Waals surface area contributed by atoms with Gasteiger partial charge in [-0.3, -0.25) is 14.6 Å². The van der Waals surface area contributed by atoms with Gasteiger partial charge in [-0.2, -0.15) is 0 Å². The first-order valence-corrected chi connectivity index (χ1v) is 9.89. The minimum atomic E-state index is -0.0767. The summed E-state index contributed by atoms with van der Waals surface area (Å²) in [6, 6.07) is -0.0767. The zero-order valence-corrected chi connectivity index (χ0v) is 18.0. The summed E-state index contributed by atoms with van der Waals surface area (Å²) in [5, 5.41) is 9.06. The summed E-state index contributed by atoms with van der Waals surface area (Å²) in [5.41, 5.74) is 0.205. The highest BCUT2D eigenvalue weighted by Crippen LogP contribution is 2.30. The van der Waals surface area contributed by atoms with Gasteiger partial charge in [-0.1, -0.05) is 6.92 Å². The van der Waals surface area contributed by atoms with Gasteiger partial charge >= 0.3 is 0 Å². The summed E-state index contributed by atoms with van der Waals surface area (Å²) in [5.74, 6) is 0.0843. The van der Waals surface area contributed by atoms with Crippen molar-refractivity contribution >= 4 is 47.2 Å². The highest BCUT2D eigenvalue weighted by atomic mass is 35.5. The standard InChI is InChI=1S/C17H29N5OS.2ClH/c1-3-14(15(23)20-16-19-9-12-24-16)22-11-4-10-21(2)17(13-22)5-7-18-8-6-17;;/h9,12,14,18H,3-8,10-11,13H2,1-2H3,(H,19,20,23);2*1H. The minimum Gasteiger partial charge on any atom is -0.317 e. The lowest BCUT2D eigenvalue weighted by Gasteiger charge is -2.46. The predicted molar refractivity (Wildman–Crippen MR) is 113 cm³/mol. The summed E-state index contributed by atoms with van der Waals surface area (Å²) in [6.07, 6.45) is 5.99. The minimum absolute atomic E-state index is 0. The Hall–Kier alpha value is -0.440. The number of amides is 1. The summed E-state index contributed by atoms with van der Waals surface area (Å²) in [4.78, 5) is 21.9. The molecule has 2 aliphatic rings. The van der Waals surface area contributed by atoms with Crippen LogP contribution in [0, 0.1) is 0 Å². The molecule has 0 bridgehead atoms. The third-order valence-electron chi connectivity index (χ3n) is 5.57. The number of nitrogens with zero attached hydrogens (tertiary/aromatic N) is 3. The molecule has 0 aromatic carbocycles. The number of anilines is 1. The van der Waals surface area contributed by atoms with E-state index < -0.39 is 0 Å². The van der Waals surface area contributed by atoms with Crippen LogP contribution in [-0.2, 0) is 4.79 Å². The van der Waals surface area contributed by atoms with Crippen LogP contribution in [0.4, 0.5) is 5.13 Å². The molecule has 0 saturated carbocycles. The summed E-state index contributed by atoms with van der Waals surface area (Å²) in [7, 11) is 2.26. The average molecular weight is 424 g/mol. The molecule has 2 aliphatic heterocycles. The van der Waals surface area contributed by atoms with E-state index in [1.807, 2.05) is 5.38 Å². The second-order valence-corrected chi connectivity index (χ2v) is 7.87. The molecule has 1 aromatic heterocycles. The monoisotopic (exact) mass is 423 g/mol. The predicted octanol–water partition coefficient (Wildman–Crippen LogP) is 2.46. The van der Waals surface area contributed by atoms with Crippen LogP contribution in [0.5, 0.6) is 0 Å². The largest absolute Gasteiger partial charge is 0.317 e. The molecule has 2 N–H and O–H groups in total. The lowest BCUT2D eigenvalue weighted by molar-refractivity contribution is -0.122. The number of hydrogen-bond acceptors (Lipinski definition) is 6. The van der Waals surface area contributed by atoms with Crippen LogP contribution in [0.2, 0.25) is 0 Å². The quantitative estimate of drug-likeness (QED) is 0.778. The summed E-state index contributed by atoms with van der Waals surface area (Å²) in [6.45, 7) is 7.33. The van der Waals surface area contributed by atoms with Gasteiger partial charge in [0.05, 0.1) is 6.04 Å². The molecule has 1 amide bonds. The lowest BCUT2D eigenvalue weighted by Crippen LogP contribution is -2.59. The van der Waals surface area contributed by atoms with E-state index in [-0.39, 0.29) is 42.3 Å². The number of piperidine rings is 1. The van der Waals surface area contributed by atoms with E-state index in [0.717, 1.165) is 58.4 Å². The molecule has 1 atom stereocenters. The Kier molecular flexibility index (Phi) is 9.79. The smallest absolute Gasteiger partial charge is 0.243 e. The molecule has 6 nitrogen and oxygen atoms in total. The van der Waals surface area contributed by atoms with Gasteiger partial charge in [0.2, 0.25) is 5.91 Å². The van der Waals surface area contributed by atoms with Gasteiger partial charge in [-0.25, -0.2) is 4.98 Å². The van der Waals surface area contributed by atoms with Gasteiger partial charge < -0.3 is 10.6 Å². The van der Waals surface area contributed by atoms with E-state index in [2.05, 4.69) is 39.4 Å². The van der Waals surface area contributed by atoms with Gasteiger partial charge in [-0.15, -0.1) is 36.2 Å². The molecule has 1 unspecified atom stereocenters. The average Bonchev–Trinajstić information content (AvgIpc) is 3.03. The van der Waals surface area contributed by atoms with Crippen LogP contribution in [0.15, 0.2) is 11.6 Å². The SMILES string of the molecule is CCC(C(=O)Nc1nccs1)N1CCCN(C)C2(CCNCC2)C1.Cl.Cl. The Morgan fingerprint density at radius 3 is 2.73 bits per heavy atom. The molecule has 0 aliphatic carbocycles. The van der Waals surface area contributed by atoms with Crippen molar-refractivity contribution in [2.45, 2.75) is 44.2 Å². The molecule has 1 aromatic rings. The Bertz CT molecular complexity index is 539. The second kappa shape index (κ2) is 10.8. The molecular weight excluding hydrogens is 393 g/mol. The molecule has 0 radical (unpaired) electrons. The molecule has 3 rings (SSSR count). The van der Waals surface area contributed by atoms with Crippen LogP contribution < -0.4 is 10.6 Å². The molecule has 150 valence electrons. The third-order valence-corrected chi connectivity index (χ3v) is 6.26. The molecule has 1 spiro atoms.